The summed E-state index contributed by atoms with van der Waals surface area (Å²) in [5.74, 6) is -0.632. The van der Waals surface area contributed by atoms with E-state index in [9.17, 15) is 9.36 Å². The lowest BCUT2D eigenvalue weighted by atomic mass is 10.5. The van der Waals surface area contributed by atoms with E-state index in [4.69, 9.17) is 4.52 Å². The number of carbonyl (C=O) groups is 1. The van der Waals surface area contributed by atoms with Gasteiger partial charge in [0.05, 0.1) is 0 Å². The molecule has 0 aromatic rings. The zero-order chi connectivity index (χ0) is 10.3. The molecule has 0 saturated heterocycles. The van der Waals surface area contributed by atoms with Crippen molar-refractivity contribution in [2.75, 3.05) is 6.79 Å². The van der Waals surface area contributed by atoms with Crippen LogP contribution in [0.4, 0.5) is 0 Å². The Morgan fingerprint density at radius 3 is 2.69 bits per heavy atom. The Kier molecular flexibility index (Phi) is 6.32. The zero-order valence-corrected chi connectivity index (χ0v) is 8.45. The SMILES string of the molecule is C=CC(=O)OCO[P+](=O)OC(C)C. The molecule has 1 unspecified atom stereocenters. The molecule has 0 aromatic carbocycles. The first kappa shape index (κ1) is 12.2. The summed E-state index contributed by atoms with van der Waals surface area (Å²) < 4.78 is 24.5. The van der Waals surface area contributed by atoms with Gasteiger partial charge in [0, 0.05) is 10.6 Å². The molecule has 0 fully saturated rings. The summed E-state index contributed by atoms with van der Waals surface area (Å²) in [7, 11) is -2.22. The van der Waals surface area contributed by atoms with E-state index < -0.39 is 21.0 Å². The Hall–Kier alpha value is -0.770. The molecule has 0 spiro atoms. The van der Waals surface area contributed by atoms with Crippen LogP contribution in [-0.2, 0) is 23.1 Å². The van der Waals surface area contributed by atoms with E-state index in [1.807, 2.05) is 0 Å². The van der Waals surface area contributed by atoms with Crippen molar-refractivity contribution in [3.8, 4) is 0 Å². The molecular formula is C7H12O5P+. The molecule has 0 bridgehead atoms. The van der Waals surface area contributed by atoms with Crippen LogP contribution in [-0.4, -0.2) is 18.9 Å². The third kappa shape index (κ3) is 7.59. The van der Waals surface area contributed by atoms with Crippen molar-refractivity contribution in [1.29, 1.82) is 0 Å². The summed E-state index contributed by atoms with van der Waals surface area (Å²) in [6.45, 7) is 6.21. The van der Waals surface area contributed by atoms with Gasteiger partial charge in [-0.15, -0.1) is 4.52 Å². The topological polar surface area (TPSA) is 61.8 Å². The van der Waals surface area contributed by atoms with Crippen LogP contribution >= 0.6 is 8.25 Å². The lowest BCUT2D eigenvalue weighted by Gasteiger charge is -1.95. The molecule has 0 amide bonds. The number of rotatable bonds is 6. The predicted octanol–water partition coefficient (Wildman–Crippen LogP) is 1.77. The molecule has 0 radical (unpaired) electrons. The van der Waals surface area contributed by atoms with Gasteiger partial charge in [-0.2, -0.15) is 0 Å². The molecule has 13 heavy (non-hydrogen) atoms. The van der Waals surface area contributed by atoms with Crippen LogP contribution in [0, 0.1) is 0 Å². The van der Waals surface area contributed by atoms with E-state index in [0.717, 1.165) is 6.08 Å². The normalized spacial score (nSPS) is 11.2. The van der Waals surface area contributed by atoms with Gasteiger partial charge in [0.2, 0.25) is 6.79 Å². The second kappa shape index (κ2) is 6.71. The minimum atomic E-state index is -2.22. The monoisotopic (exact) mass is 207 g/mol. The van der Waals surface area contributed by atoms with E-state index in [2.05, 4.69) is 15.8 Å². The summed E-state index contributed by atoms with van der Waals surface area (Å²) in [5, 5.41) is 0. The molecule has 0 aromatic heterocycles. The average molecular weight is 207 g/mol. The fourth-order valence-electron chi connectivity index (χ4n) is 0.389. The van der Waals surface area contributed by atoms with Crippen LogP contribution in [0.15, 0.2) is 12.7 Å². The quantitative estimate of drug-likeness (QED) is 0.287. The van der Waals surface area contributed by atoms with Gasteiger partial charge in [0.15, 0.2) is 0 Å². The van der Waals surface area contributed by atoms with Gasteiger partial charge in [-0.25, -0.2) is 4.79 Å². The Labute approximate surface area is 77.6 Å². The van der Waals surface area contributed by atoms with Gasteiger partial charge in [-0.1, -0.05) is 11.1 Å². The van der Waals surface area contributed by atoms with Crippen molar-refractivity contribution in [3.63, 3.8) is 0 Å². The average Bonchev–Trinajstić information content (AvgIpc) is 2.02. The molecule has 6 heteroatoms. The summed E-state index contributed by atoms with van der Waals surface area (Å²) in [4.78, 5) is 10.5. The van der Waals surface area contributed by atoms with E-state index in [-0.39, 0.29) is 6.10 Å². The Morgan fingerprint density at radius 1 is 1.62 bits per heavy atom. The molecule has 1 atom stereocenters. The van der Waals surface area contributed by atoms with Crippen LogP contribution in [0.5, 0.6) is 0 Å². The first-order valence-electron chi connectivity index (χ1n) is 3.62. The van der Waals surface area contributed by atoms with Crippen LogP contribution in [0.25, 0.3) is 0 Å². The van der Waals surface area contributed by atoms with E-state index in [1.54, 1.807) is 13.8 Å². The molecule has 0 N–H and O–H groups in total. The molecule has 0 heterocycles. The fraction of sp³-hybridized carbons (Fsp3) is 0.571. The maximum atomic E-state index is 10.8. The molecule has 0 aliphatic heterocycles. The number of esters is 1. The highest BCUT2D eigenvalue weighted by Gasteiger charge is 2.22. The van der Waals surface area contributed by atoms with Crippen molar-refractivity contribution in [2.45, 2.75) is 20.0 Å². The van der Waals surface area contributed by atoms with Gasteiger partial charge in [-0.3, -0.25) is 0 Å². The largest absolute Gasteiger partial charge is 0.701 e. The minimum Gasteiger partial charge on any atom is -0.430 e. The molecule has 5 nitrogen and oxygen atoms in total. The highest BCUT2D eigenvalue weighted by atomic mass is 31.1. The number of ether oxygens (including phenoxy) is 1. The predicted molar refractivity (Wildman–Crippen MR) is 46.1 cm³/mol. The smallest absolute Gasteiger partial charge is 0.430 e. The van der Waals surface area contributed by atoms with Crippen molar-refractivity contribution < 1.29 is 23.1 Å². The second-order valence-electron chi connectivity index (χ2n) is 2.29. The molecule has 0 saturated carbocycles. The third-order valence-corrected chi connectivity index (χ3v) is 1.73. The van der Waals surface area contributed by atoms with Gasteiger partial charge in [-0.05, 0) is 13.8 Å². The van der Waals surface area contributed by atoms with Crippen molar-refractivity contribution >= 4 is 14.2 Å². The number of carbonyl (C=O) groups excluding carboxylic acids is 1. The number of hydrogen-bond donors (Lipinski definition) is 0. The number of hydrogen-bond acceptors (Lipinski definition) is 5. The molecule has 0 aliphatic rings. The van der Waals surface area contributed by atoms with Crippen LogP contribution < -0.4 is 0 Å². The summed E-state index contributed by atoms with van der Waals surface area (Å²) in [6, 6.07) is 0. The molecule has 0 rings (SSSR count). The maximum Gasteiger partial charge on any atom is 0.701 e. The van der Waals surface area contributed by atoms with Crippen molar-refractivity contribution in [3.05, 3.63) is 12.7 Å². The summed E-state index contributed by atoms with van der Waals surface area (Å²) in [5.41, 5.74) is 0. The minimum absolute atomic E-state index is 0.196. The first-order chi connectivity index (χ1) is 6.06. The van der Waals surface area contributed by atoms with Crippen LogP contribution in [0.1, 0.15) is 13.8 Å². The van der Waals surface area contributed by atoms with E-state index >= 15 is 0 Å². The van der Waals surface area contributed by atoms with Crippen molar-refractivity contribution in [2.24, 2.45) is 0 Å². The van der Waals surface area contributed by atoms with Gasteiger partial charge in [0.1, 0.15) is 6.10 Å². The highest BCUT2D eigenvalue weighted by Crippen LogP contribution is 2.25. The van der Waals surface area contributed by atoms with Crippen molar-refractivity contribution in [1.82, 2.24) is 0 Å². The van der Waals surface area contributed by atoms with E-state index in [1.165, 1.54) is 0 Å². The second-order valence-corrected chi connectivity index (χ2v) is 3.21. The van der Waals surface area contributed by atoms with Gasteiger partial charge in [0.25, 0.3) is 0 Å². The Morgan fingerprint density at radius 2 is 2.23 bits per heavy atom. The standard InChI is InChI=1S/C7H12O5P/c1-4-7(8)10-5-11-13(9)12-6(2)3/h4,6H,1,5H2,2-3H3/q+1. The van der Waals surface area contributed by atoms with E-state index in [0.29, 0.717) is 0 Å². The molecular weight excluding hydrogens is 195 g/mol. The molecule has 0 aliphatic carbocycles. The fourth-order valence-corrected chi connectivity index (χ4v) is 0.933. The Balaban J connectivity index is 3.48. The third-order valence-electron chi connectivity index (χ3n) is 0.823. The first-order valence-corrected chi connectivity index (χ1v) is 4.72. The van der Waals surface area contributed by atoms with Crippen LogP contribution in [0.2, 0.25) is 0 Å². The maximum absolute atomic E-state index is 10.8. The zero-order valence-electron chi connectivity index (χ0n) is 7.56. The lowest BCUT2D eigenvalue weighted by molar-refractivity contribution is -0.144. The highest BCUT2D eigenvalue weighted by molar-refractivity contribution is 7.33. The molecule has 74 valence electrons. The van der Waals surface area contributed by atoms with Crippen LogP contribution in [0.3, 0.4) is 0 Å². The summed E-state index contributed by atoms with van der Waals surface area (Å²) in [6.07, 6.45) is 0.790. The summed E-state index contributed by atoms with van der Waals surface area (Å²) >= 11 is 0. The lowest BCUT2D eigenvalue weighted by Crippen LogP contribution is -2.03. The van der Waals surface area contributed by atoms with Gasteiger partial charge >= 0.3 is 14.2 Å². The van der Waals surface area contributed by atoms with Gasteiger partial charge < -0.3 is 4.74 Å². The Bertz CT molecular complexity index is 201.